The number of carbonyl (C=O) groups excluding carboxylic acids is 1. The zero-order valence-corrected chi connectivity index (χ0v) is 12.2. The van der Waals surface area contributed by atoms with Gasteiger partial charge in [0.25, 0.3) is 0 Å². The first-order valence-corrected chi connectivity index (χ1v) is 7.24. The van der Waals surface area contributed by atoms with Crippen molar-refractivity contribution in [2.24, 2.45) is 0 Å². The van der Waals surface area contributed by atoms with Crippen molar-refractivity contribution in [2.75, 3.05) is 11.9 Å². The topological polar surface area (TPSA) is 41.1 Å². The van der Waals surface area contributed by atoms with Crippen LogP contribution in [0.1, 0.15) is 31.2 Å². The van der Waals surface area contributed by atoms with E-state index in [1.807, 2.05) is 25.1 Å². The third-order valence-electron chi connectivity index (χ3n) is 3.32. The molecule has 1 atom stereocenters. The Hall–Kier alpha value is -0.870. The molecule has 1 aliphatic rings. The summed E-state index contributed by atoms with van der Waals surface area (Å²) in [6.07, 6.45) is 3.96. The summed E-state index contributed by atoms with van der Waals surface area (Å²) in [6, 6.07) is 6.39. The molecular formula is C14H19BrN2O. The zero-order valence-electron chi connectivity index (χ0n) is 10.6. The summed E-state index contributed by atoms with van der Waals surface area (Å²) in [6.45, 7) is 3.11. The van der Waals surface area contributed by atoms with Gasteiger partial charge < -0.3 is 10.6 Å². The number of benzene rings is 1. The first kappa shape index (κ1) is 13.6. The minimum absolute atomic E-state index is 0.102. The molecule has 0 saturated carbocycles. The van der Waals surface area contributed by atoms with Crippen molar-refractivity contribution >= 4 is 27.5 Å². The number of anilines is 1. The normalized spacial score (nSPS) is 18.9. The summed E-state index contributed by atoms with van der Waals surface area (Å²) in [5, 5.41) is 6.35. The van der Waals surface area contributed by atoms with E-state index in [0.29, 0.717) is 12.5 Å². The predicted octanol–water partition coefficient (Wildman–Crippen LogP) is 3.23. The molecule has 0 aromatic heterocycles. The maximum atomic E-state index is 11.8. The molecule has 1 unspecified atom stereocenters. The van der Waals surface area contributed by atoms with Crippen molar-refractivity contribution in [3.8, 4) is 0 Å². The monoisotopic (exact) mass is 310 g/mol. The standard InChI is InChI=1S/C14H19BrN2O/c1-10-9-12(4-6-13(10)15)17-14(18)7-5-11-3-2-8-16-11/h4,6,9,11,16H,2-3,5,7-8H2,1H3,(H,17,18). The van der Waals surface area contributed by atoms with Gasteiger partial charge in [-0.25, -0.2) is 0 Å². The van der Waals surface area contributed by atoms with Gasteiger partial charge in [0, 0.05) is 22.6 Å². The molecule has 2 rings (SSSR count). The Morgan fingerprint density at radius 3 is 3.06 bits per heavy atom. The number of aryl methyl sites for hydroxylation is 1. The van der Waals surface area contributed by atoms with Crippen LogP contribution in [0.3, 0.4) is 0 Å². The fourth-order valence-corrected chi connectivity index (χ4v) is 2.50. The third-order valence-corrected chi connectivity index (χ3v) is 4.21. The average molecular weight is 311 g/mol. The molecule has 1 heterocycles. The van der Waals surface area contributed by atoms with E-state index < -0.39 is 0 Å². The fraction of sp³-hybridized carbons (Fsp3) is 0.500. The predicted molar refractivity (Wildman–Crippen MR) is 77.8 cm³/mol. The van der Waals surface area contributed by atoms with Crippen molar-refractivity contribution in [2.45, 2.75) is 38.6 Å². The minimum Gasteiger partial charge on any atom is -0.326 e. The van der Waals surface area contributed by atoms with E-state index in [2.05, 4.69) is 26.6 Å². The largest absolute Gasteiger partial charge is 0.326 e. The van der Waals surface area contributed by atoms with E-state index >= 15 is 0 Å². The highest BCUT2D eigenvalue weighted by Gasteiger charge is 2.15. The molecule has 2 N–H and O–H groups in total. The Bertz CT molecular complexity index is 428. The summed E-state index contributed by atoms with van der Waals surface area (Å²) < 4.78 is 1.07. The molecule has 98 valence electrons. The lowest BCUT2D eigenvalue weighted by atomic mass is 10.1. The molecule has 1 fully saturated rings. The lowest BCUT2D eigenvalue weighted by Crippen LogP contribution is -2.23. The first-order chi connectivity index (χ1) is 8.65. The van der Waals surface area contributed by atoms with Crippen LogP contribution >= 0.6 is 15.9 Å². The third kappa shape index (κ3) is 3.82. The van der Waals surface area contributed by atoms with Gasteiger partial charge in [0.15, 0.2) is 0 Å². The molecule has 18 heavy (non-hydrogen) atoms. The molecule has 0 radical (unpaired) electrons. The Balaban J connectivity index is 1.80. The van der Waals surface area contributed by atoms with E-state index in [1.165, 1.54) is 12.8 Å². The van der Waals surface area contributed by atoms with Gasteiger partial charge in [-0.15, -0.1) is 0 Å². The van der Waals surface area contributed by atoms with Crippen LogP contribution in [0, 0.1) is 6.92 Å². The SMILES string of the molecule is Cc1cc(NC(=O)CCC2CCCN2)ccc1Br. The first-order valence-electron chi connectivity index (χ1n) is 6.44. The van der Waals surface area contributed by atoms with Crippen LogP contribution in [0.25, 0.3) is 0 Å². The van der Waals surface area contributed by atoms with E-state index in [-0.39, 0.29) is 5.91 Å². The minimum atomic E-state index is 0.102. The van der Waals surface area contributed by atoms with Gasteiger partial charge in [0.1, 0.15) is 0 Å². The molecule has 0 aliphatic carbocycles. The van der Waals surface area contributed by atoms with Crippen LogP contribution in [-0.2, 0) is 4.79 Å². The van der Waals surface area contributed by atoms with Gasteiger partial charge in [0.05, 0.1) is 0 Å². The summed E-state index contributed by atoms with van der Waals surface area (Å²) >= 11 is 3.45. The van der Waals surface area contributed by atoms with Crippen molar-refractivity contribution in [1.29, 1.82) is 0 Å². The number of hydrogen-bond acceptors (Lipinski definition) is 2. The fourth-order valence-electron chi connectivity index (χ4n) is 2.25. The number of halogens is 1. The van der Waals surface area contributed by atoms with Crippen LogP contribution in [0.2, 0.25) is 0 Å². The number of nitrogens with one attached hydrogen (secondary N) is 2. The summed E-state index contributed by atoms with van der Waals surface area (Å²) in [5.74, 6) is 0.102. The molecule has 1 aliphatic heterocycles. The van der Waals surface area contributed by atoms with Crippen LogP contribution in [0.4, 0.5) is 5.69 Å². The van der Waals surface area contributed by atoms with E-state index in [4.69, 9.17) is 0 Å². The molecule has 0 spiro atoms. The number of rotatable bonds is 4. The quantitative estimate of drug-likeness (QED) is 0.896. The Labute approximate surface area is 116 Å². The summed E-state index contributed by atoms with van der Waals surface area (Å²) in [7, 11) is 0. The molecule has 1 aromatic rings. The van der Waals surface area contributed by atoms with Crippen molar-refractivity contribution in [3.63, 3.8) is 0 Å². The Morgan fingerprint density at radius 2 is 2.39 bits per heavy atom. The van der Waals surface area contributed by atoms with Crippen molar-refractivity contribution in [1.82, 2.24) is 5.32 Å². The van der Waals surface area contributed by atoms with Gasteiger partial charge in [-0.3, -0.25) is 4.79 Å². The van der Waals surface area contributed by atoms with Crippen LogP contribution in [0.5, 0.6) is 0 Å². The molecule has 0 bridgehead atoms. The molecular weight excluding hydrogens is 292 g/mol. The van der Waals surface area contributed by atoms with Gasteiger partial charge in [-0.2, -0.15) is 0 Å². The molecule has 1 aromatic carbocycles. The van der Waals surface area contributed by atoms with Crippen LogP contribution in [-0.4, -0.2) is 18.5 Å². The smallest absolute Gasteiger partial charge is 0.224 e. The van der Waals surface area contributed by atoms with Crippen LogP contribution < -0.4 is 10.6 Å². The van der Waals surface area contributed by atoms with E-state index in [1.54, 1.807) is 0 Å². The maximum absolute atomic E-state index is 11.8. The summed E-state index contributed by atoms with van der Waals surface area (Å²) in [5.41, 5.74) is 2.00. The maximum Gasteiger partial charge on any atom is 0.224 e. The average Bonchev–Trinajstić information content (AvgIpc) is 2.84. The Morgan fingerprint density at radius 1 is 1.56 bits per heavy atom. The highest BCUT2D eigenvalue weighted by molar-refractivity contribution is 9.10. The van der Waals surface area contributed by atoms with E-state index in [0.717, 1.165) is 28.7 Å². The second-order valence-corrected chi connectivity index (χ2v) is 5.70. The Kier molecular flexibility index (Phi) is 4.78. The molecule has 1 amide bonds. The zero-order chi connectivity index (χ0) is 13.0. The van der Waals surface area contributed by atoms with Crippen LogP contribution in [0.15, 0.2) is 22.7 Å². The lowest BCUT2D eigenvalue weighted by molar-refractivity contribution is -0.116. The van der Waals surface area contributed by atoms with Crippen molar-refractivity contribution in [3.05, 3.63) is 28.2 Å². The van der Waals surface area contributed by atoms with Crippen molar-refractivity contribution < 1.29 is 4.79 Å². The number of hydrogen-bond donors (Lipinski definition) is 2. The lowest BCUT2D eigenvalue weighted by Gasteiger charge is -2.10. The highest BCUT2D eigenvalue weighted by Crippen LogP contribution is 2.20. The van der Waals surface area contributed by atoms with Gasteiger partial charge >= 0.3 is 0 Å². The second kappa shape index (κ2) is 6.34. The van der Waals surface area contributed by atoms with Gasteiger partial charge in [0.2, 0.25) is 5.91 Å². The highest BCUT2D eigenvalue weighted by atomic mass is 79.9. The van der Waals surface area contributed by atoms with Gasteiger partial charge in [-0.05, 0) is 56.5 Å². The molecule has 3 nitrogen and oxygen atoms in total. The van der Waals surface area contributed by atoms with E-state index in [9.17, 15) is 4.79 Å². The number of carbonyl (C=O) groups is 1. The molecule has 4 heteroatoms. The van der Waals surface area contributed by atoms with Gasteiger partial charge in [-0.1, -0.05) is 15.9 Å². The number of amides is 1. The molecule has 1 saturated heterocycles. The summed E-state index contributed by atoms with van der Waals surface area (Å²) in [4.78, 5) is 11.8. The second-order valence-electron chi connectivity index (χ2n) is 4.84.